The van der Waals surface area contributed by atoms with Crippen LogP contribution in [0.3, 0.4) is 0 Å². The van der Waals surface area contributed by atoms with Crippen LogP contribution in [0.15, 0.2) is 23.3 Å². The highest BCUT2D eigenvalue weighted by molar-refractivity contribution is 5.83. The maximum Gasteiger partial charge on any atom is 0.137 e. The largest absolute Gasteiger partial charge is 0.366 e. The van der Waals surface area contributed by atoms with E-state index in [9.17, 15) is 4.79 Å². The van der Waals surface area contributed by atoms with Gasteiger partial charge in [-0.2, -0.15) is 0 Å². The van der Waals surface area contributed by atoms with Crippen LogP contribution in [0, 0.1) is 40.4 Å². The average Bonchev–Trinajstić information content (AvgIpc) is 3.52. The standard InChI is InChI=1S/C24H30O2/c1-22-7-5-15-16-4-3-14(25)11-19(16)23(8-9-23)13-18(15)21(22)17-12-20(17)24(22)6-2-10-26-24/h2,6,15,17-18,20-21H,3-5,7-13H2,1H3/t15?,17?,18?,20?,21?,22-,24-/m0/s1. The van der Waals surface area contributed by atoms with E-state index >= 15 is 0 Å². The zero-order chi connectivity index (χ0) is 17.3. The van der Waals surface area contributed by atoms with Crippen molar-refractivity contribution in [2.75, 3.05) is 6.61 Å². The molecule has 7 rings (SSSR count). The molecule has 4 fully saturated rings. The van der Waals surface area contributed by atoms with Crippen molar-refractivity contribution in [1.29, 1.82) is 0 Å². The number of hydrogen-bond acceptors (Lipinski definition) is 2. The highest BCUT2D eigenvalue weighted by atomic mass is 16.5. The minimum Gasteiger partial charge on any atom is -0.366 e. The number of ketones is 1. The second-order valence-corrected chi connectivity index (χ2v) is 11.0. The van der Waals surface area contributed by atoms with Crippen molar-refractivity contribution < 1.29 is 9.53 Å². The average molecular weight is 351 g/mol. The number of allylic oxidation sites excluding steroid dienone is 2. The third-order valence-corrected chi connectivity index (χ3v) is 10.2. The zero-order valence-electron chi connectivity index (χ0n) is 15.9. The molecular weight excluding hydrogens is 320 g/mol. The molecule has 0 saturated heterocycles. The molecule has 0 amide bonds. The Morgan fingerprint density at radius 1 is 1.15 bits per heavy atom. The molecule has 4 saturated carbocycles. The summed E-state index contributed by atoms with van der Waals surface area (Å²) in [6.45, 7) is 3.42. The molecule has 2 heteroatoms. The zero-order valence-corrected chi connectivity index (χ0v) is 15.9. The number of hydrogen-bond donors (Lipinski definition) is 0. The first-order valence-corrected chi connectivity index (χ1v) is 11.1. The minimum absolute atomic E-state index is 0.0706. The van der Waals surface area contributed by atoms with Gasteiger partial charge in [-0.15, -0.1) is 0 Å². The first-order chi connectivity index (χ1) is 12.6. The molecule has 6 aliphatic carbocycles. The second-order valence-electron chi connectivity index (χ2n) is 11.0. The van der Waals surface area contributed by atoms with Crippen molar-refractivity contribution in [2.45, 2.75) is 70.3 Å². The fraction of sp³-hybridized carbons (Fsp3) is 0.792. The van der Waals surface area contributed by atoms with Gasteiger partial charge in [0.1, 0.15) is 5.78 Å². The van der Waals surface area contributed by atoms with E-state index in [1.54, 1.807) is 11.1 Å². The van der Waals surface area contributed by atoms with Gasteiger partial charge < -0.3 is 4.74 Å². The van der Waals surface area contributed by atoms with Crippen molar-refractivity contribution >= 4 is 5.78 Å². The molecule has 0 aromatic heterocycles. The lowest BCUT2D eigenvalue weighted by molar-refractivity contribution is -0.126. The van der Waals surface area contributed by atoms with Gasteiger partial charge in [-0.1, -0.05) is 30.2 Å². The van der Waals surface area contributed by atoms with E-state index in [4.69, 9.17) is 4.74 Å². The third-order valence-electron chi connectivity index (χ3n) is 10.2. The maximum absolute atomic E-state index is 12.2. The van der Waals surface area contributed by atoms with E-state index in [1.165, 1.54) is 38.5 Å². The molecule has 0 aromatic carbocycles. The highest BCUT2D eigenvalue weighted by Crippen LogP contribution is 2.79. The first kappa shape index (κ1) is 15.1. The Balaban J connectivity index is 1.34. The van der Waals surface area contributed by atoms with Crippen LogP contribution in [0.4, 0.5) is 0 Å². The minimum atomic E-state index is 0.0706. The van der Waals surface area contributed by atoms with E-state index in [-0.39, 0.29) is 5.60 Å². The van der Waals surface area contributed by atoms with Gasteiger partial charge in [0.05, 0.1) is 12.2 Å². The summed E-state index contributed by atoms with van der Waals surface area (Å²) in [7, 11) is 0. The summed E-state index contributed by atoms with van der Waals surface area (Å²) in [6.07, 6.45) is 15.7. The number of fused-ring (bicyclic) bond motifs is 9. The summed E-state index contributed by atoms with van der Waals surface area (Å²) in [5.74, 6) is 4.75. The van der Waals surface area contributed by atoms with Gasteiger partial charge in [-0.3, -0.25) is 4.79 Å². The quantitative estimate of drug-likeness (QED) is 0.584. The lowest BCUT2D eigenvalue weighted by Gasteiger charge is -2.57. The lowest BCUT2D eigenvalue weighted by atomic mass is 9.49. The van der Waals surface area contributed by atoms with E-state index in [2.05, 4.69) is 19.1 Å². The Bertz CT molecular complexity index is 786. The first-order valence-electron chi connectivity index (χ1n) is 11.1. The fourth-order valence-electron chi connectivity index (χ4n) is 9.07. The molecule has 0 radical (unpaired) electrons. The van der Waals surface area contributed by atoms with Gasteiger partial charge in [-0.05, 0) is 80.0 Å². The molecule has 26 heavy (non-hydrogen) atoms. The van der Waals surface area contributed by atoms with Gasteiger partial charge in [0.2, 0.25) is 0 Å². The van der Waals surface area contributed by atoms with Crippen LogP contribution >= 0.6 is 0 Å². The second kappa shape index (κ2) is 4.40. The Morgan fingerprint density at radius 3 is 2.81 bits per heavy atom. The molecule has 138 valence electrons. The molecular formula is C24H30O2. The van der Waals surface area contributed by atoms with Gasteiger partial charge >= 0.3 is 0 Å². The number of Topliss-reactive ketones (excluding diaryl/α,β-unsaturated/α-hetero) is 1. The molecule has 0 bridgehead atoms. The van der Waals surface area contributed by atoms with Crippen molar-refractivity contribution in [2.24, 2.45) is 40.4 Å². The summed E-state index contributed by atoms with van der Waals surface area (Å²) in [5.41, 5.74) is 4.31. The molecule has 7 aliphatic rings. The summed E-state index contributed by atoms with van der Waals surface area (Å²) in [5, 5.41) is 0. The monoisotopic (exact) mass is 350 g/mol. The van der Waals surface area contributed by atoms with Crippen LogP contribution in [0.25, 0.3) is 0 Å². The van der Waals surface area contributed by atoms with Crippen LogP contribution in [-0.4, -0.2) is 18.0 Å². The van der Waals surface area contributed by atoms with Crippen molar-refractivity contribution in [3.63, 3.8) is 0 Å². The van der Waals surface area contributed by atoms with E-state index < -0.39 is 0 Å². The molecule has 2 spiro atoms. The summed E-state index contributed by atoms with van der Waals surface area (Å²) >= 11 is 0. The van der Waals surface area contributed by atoms with Crippen LogP contribution in [-0.2, 0) is 9.53 Å². The molecule has 7 atom stereocenters. The van der Waals surface area contributed by atoms with Gasteiger partial charge in [0.25, 0.3) is 0 Å². The SMILES string of the molecule is C[C@]12CCC3C4=C(CC(=O)CC4)C4(CC4)CC3C1C1CC1[C@@]21C=CCO1. The van der Waals surface area contributed by atoms with Crippen molar-refractivity contribution in [3.05, 3.63) is 23.3 Å². The van der Waals surface area contributed by atoms with Crippen LogP contribution in [0.2, 0.25) is 0 Å². The third kappa shape index (κ3) is 1.52. The molecule has 0 aromatic rings. The Kier molecular flexibility index (Phi) is 2.55. The molecule has 1 aliphatic heterocycles. The van der Waals surface area contributed by atoms with Gasteiger partial charge in [-0.25, -0.2) is 0 Å². The normalized spacial score (nSPS) is 55.0. The predicted molar refractivity (Wildman–Crippen MR) is 99.4 cm³/mol. The number of ether oxygens (including phenoxy) is 1. The molecule has 1 heterocycles. The topological polar surface area (TPSA) is 26.3 Å². The van der Waals surface area contributed by atoms with E-state index in [0.29, 0.717) is 16.6 Å². The van der Waals surface area contributed by atoms with Crippen LogP contribution in [0.1, 0.15) is 64.7 Å². The predicted octanol–water partition coefficient (Wildman–Crippen LogP) is 4.84. The number of carbonyl (C=O) groups excluding carboxylic acids is 1. The Labute approximate surface area is 156 Å². The molecule has 5 unspecified atom stereocenters. The molecule has 2 nitrogen and oxygen atoms in total. The van der Waals surface area contributed by atoms with Crippen LogP contribution < -0.4 is 0 Å². The number of rotatable bonds is 0. The Hall–Kier alpha value is -0.890. The van der Waals surface area contributed by atoms with Crippen molar-refractivity contribution in [1.82, 2.24) is 0 Å². The van der Waals surface area contributed by atoms with E-state index in [0.717, 1.165) is 55.5 Å². The maximum atomic E-state index is 12.2. The number of carbonyl (C=O) groups is 1. The summed E-state index contributed by atoms with van der Waals surface area (Å²) in [6, 6.07) is 0. The van der Waals surface area contributed by atoms with E-state index in [1.807, 2.05) is 0 Å². The summed E-state index contributed by atoms with van der Waals surface area (Å²) < 4.78 is 6.53. The Morgan fingerprint density at radius 2 is 2.04 bits per heavy atom. The van der Waals surface area contributed by atoms with Crippen LogP contribution in [0.5, 0.6) is 0 Å². The van der Waals surface area contributed by atoms with Gasteiger partial charge in [0.15, 0.2) is 0 Å². The fourth-order valence-corrected chi connectivity index (χ4v) is 9.07. The summed E-state index contributed by atoms with van der Waals surface area (Å²) in [4.78, 5) is 12.2. The van der Waals surface area contributed by atoms with Gasteiger partial charge in [0, 0.05) is 18.3 Å². The smallest absolute Gasteiger partial charge is 0.137 e. The highest BCUT2D eigenvalue weighted by Gasteiger charge is 2.77. The van der Waals surface area contributed by atoms with Crippen molar-refractivity contribution in [3.8, 4) is 0 Å². The lowest BCUT2D eigenvalue weighted by Crippen LogP contribution is -2.54. The molecule has 0 N–H and O–H groups in total.